The van der Waals surface area contributed by atoms with Crippen molar-refractivity contribution >= 4 is 5.82 Å². The van der Waals surface area contributed by atoms with E-state index in [2.05, 4.69) is 17.1 Å². The number of aromatic nitrogens is 2. The Kier molecular flexibility index (Phi) is 2.66. The Bertz CT molecular complexity index is 288. The van der Waals surface area contributed by atoms with E-state index in [4.69, 9.17) is 5.73 Å². The monoisotopic (exact) mass is 191 g/mol. The van der Waals surface area contributed by atoms with E-state index in [-0.39, 0.29) is 0 Å². The van der Waals surface area contributed by atoms with Crippen molar-refractivity contribution in [1.82, 2.24) is 10.2 Å². The maximum absolute atomic E-state index is 5.47. The molecule has 2 rings (SSSR count). The van der Waals surface area contributed by atoms with Crippen LogP contribution in [0.3, 0.4) is 0 Å². The number of hydrogen-bond donors (Lipinski definition) is 1. The number of nitrogens with zero attached hydrogens (tertiary/aromatic N) is 2. The molecule has 0 unspecified atom stereocenters. The van der Waals surface area contributed by atoms with Gasteiger partial charge in [0.15, 0.2) is 0 Å². The molecule has 0 saturated heterocycles. The number of nitrogen functional groups attached to an aromatic ring is 1. The molecule has 3 heteroatoms. The first-order chi connectivity index (χ1) is 6.78. The molecular weight excluding hydrogens is 174 g/mol. The summed E-state index contributed by atoms with van der Waals surface area (Å²) < 4.78 is 0. The van der Waals surface area contributed by atoms with Gasteiger partial charge in [0, 0.05) is 0 Å². The molecule has 0 spiro atoms. The summed E-state index contributed by atoms with van der Waals surface area (Å²) in [5, 5.41) is 7.93. The van der Waals surface area contributed by atoms with Crippen LogP contribution in [0.5, 0.6) is 0 Å². The van der Waals surface area contributed by atoms with E-state index in [1.165, 1.54) is 19.3 Å². The molecule has 0 radical (unpaired) electrons. The summed E-state index contributed by atoms with van der Waals surface area (Å²) in [5.41, 5.74) is 6.56. The average molecular weight is 191 g/mol. The second kappa shape index (κ2) is 3.95. The Balaban J connectivity index is 1.84. The minimum Gasteiger partial charge on any atom is -0.382 e. The molecular formula is C11H17N3. The zero-order valence-electron chi connectivity index (χ0n) is 8.61. The highest BCUT2D eigenvalue weighted by atomic mass is 15.1. The van der Waals surface area contributed by atoms with Crippen LogP contribution in [0.15, 0.2) is 12.1 Å². The van der Waals surface area contributed by atoms with Gasteiger partial charge in [0.25, 0.3) is 0 Å². The van der Waals surface area contributed by atoms with Gasteiger partial charge in [0.05, 0.1) is 5.69 Å². The first kappa shape index (κ1) is 9.44. The fourth-order valence-corrected chi connectivity index (χ4v) is 2.15. The molecule has 0 bridgehead atoms. The summed E-state index contributed by atoms with van der Waals surface area (Å²) in [4.78, 5) is 0. The number of anilines is 1. The summed E-state index contributed by atoms with van der Waals surface area (Å²) in [6.07, 6.45) is 5.12. The quantitative estimate of drug-likeness (QED) is 0.795. The van der Waals surface area contributed by atoms with Crippen molar-refractivity contribution in [1.29, 1.82) is 0 Å². The van der Waals surface area contributed by atoms with Crippen molar-refractivity contribution in [3.05, 3.63) is 17.8 Å². The lowest BCUT2D eigenvalue weighted by molar-refractivity contribution is 0.186. The molecule has 14 heavy (non-hydrogen) atoms. The Morgan fingerprint density at radius 2 is 2.07 bits per heavy atom. The van der Waals surface area contributed by atoms with Gasteiger partial charge in [-0.2, -0.15) is 5.10 Å². The van der Waals surface area contributed by atoms with Crippen molar-refractivity contribution < 1.29 is 0 Å². The van der Waals surface area contributed by atoms with Crippen LogP contribution in [0.2, 0.25) is 0 Å². The zero-order chi connectivity index (χ0) is 9.97. The van der Waals surface area contributed by atoms with E-state index < -0.39 is 0 Å². The fraction of sp³-hybridized carbons (Fsp3) is 0.636. The molecule has 2 N–H and O–H groups in total. The van der Waals surface area contributed by atoms with Crippen molar-refractivity contribution in [3.8, 4) is 0 Å². The maximum atomic E-state index is 5.47. The van der Waals surface area contributed by atoms with Gasteiger partial charge >= 0.3 is 0 Å². The first-order valence-corrected chi connectivity index (χ1v) is 5.36. The van der Waals surface area contributed by atoms with E-state index >= 15 is 0 Å². The molecule has 0 atom stereocenters. The van der Waals surface area contributed by atoms with Crippen LogP contribution in [0.1, 0.15) is 31.9 Å². The van der Waals surface area contributed by atoms with Crippen molar-refractivity contribution in [2.24, 2.45) is 11.8 Å². The standard InChI is InChI=1S/C11H17N3/c1-2-8-5-9(6-8)7-10-3-4-11(12)14-13-10/h3-4,8-9H,2,5-7H2,1H3,(H2,12,14). The second-order valence-corrected chi connectivity index (χ2v) is 4.27. The van der Waals surface area contributed by atoms with Crippen molar-refractivity contribution in [3.63, 3.8) is 0 Å². The molecule has 3 nitrogen and oxygen atoms in total. The third-order valence-electron chi connectivity index (χ3n) is 3.15. The van der Waals surface area contributed by atoms with Crippen molar-refractivity contribution in [2.45, 2.75) is 32.6 Å². The summed E-state index contributed by atoms with van der Waals surface area (Å²) in [7, 11) is 0. The predicted molar refractivity (Wildman–Crippen MR) is 56.7 cm³/mol. The Morgan fingerprint density at radius 3 is 2.64 bits per heavy atom. The predicted octanol–water partition coefficient (Wildman–Crippen LogP) is 2.04. The minimum atomic E-state index is 0.508. The van der Waals surface area contributed by atoms with Gasteiger partial charge in [-0.25, -0.2) is 0 Å². The van der Waals surface area contributed by atoms with Gasteiger partial charge in [-0.1, -0.05) is 13.3 Å². The number of rotatable bonds is 3. The fourth-order valence-electron chi connectivity index (χ4n) is 2.15. The highest BCUT2D eigenvalue weighted by molar-refractivity contribution is 5.25. The van der Waals surface area contributed by atoms with E-state index in [1.807, 2.05) is 12.1 Å². The molecule has 1 saturated carbocycles. The molecule has 1 fully saturated rings. The Hall–Kier alpha value is -1.12. The van der Waals surface area contributed by atoms with Crippen LogP contribution >= 0.6 is 0 Å². The van der Waals surface area contributed by atoms with Gasteiger partial charge in [0.1, 0.15) is 5.82 Å². The summed E-state index contributed by atoms with van der Waals surface area (Å²) in [6, 6.07) is 3.82. The molecule has 0 aromatic carbocycles. The lowest BCUT2D eigenvalue weighted by atomic mass is 9.71. The smallest absolute Gasteiger partial charge is 0.146 e. The summed E-state index contributed by atoms with van der Waals surface area (Å²) >= 11 is 0. The summed E-state index contributed by atoms with van der Waals surface area (Å²) in [5.74, 6) is 2.30. The van der Waals surface area contributed by atoms with Gasteiger partial charge in [0.2, 0.25) is 0 Å². The number of hydrogen-bond acceptors (Lipinski definition) is 3. The van der Waals surface area contributed by atoms with Crippen LogP contribution in [-0.2, 0) is 6.42 Å². The third kappa shape index (κ3) is 2.03. The number of nitrogens with two attached hydrogens (primary N) is 1. The zero-order valence-corrected chi connectivity index (χ0v) is 8.61. The Labute approximate surface area is 84.7 Å². The summed E-state index contributed by atoms with van der Waals surface area (Å²) in [6.45, 7) is 2.27. The lowest BCUT2D eigenvalue weighted by Crippen LogP contribution is -2.25. The van der Waals surface area contributed by atoms with Gasteiger partial charge in [-0.05, 0) is 43.2 Å². The molecule has 1 heterocycles. The van der Waals surface area contributed by atoms with Crippen LogP contribution in [0.4, 0.5) is 5.82 Å². The minimum absolute atomic E-state index is 0.508. The van der Waals surface area contributed by atoms with E-state index in [0.717, 1.165) is 24.0 Å². The molecule has 1 aliphatic rings. The highest BCUT2D eigenvalue weighted by Crippen LogP contribution is 2.37. The second-order valence-electron chi connectivity index (χ2n) is 4.27. The topological polar surface area (TPSA) is 51.8 Å². The average Bonchev–Trinajstić information content (AvgIpc) is 2.13. The van der Waals surface area contributed by atoms with Crippen LogP contribution in [-0.4, -0.2) is 10.2 Å². The van der Waals surface area contributed by atoms with E-state index in [1.54, 1.807) is 0 Å². The maximum Gasteiger partial charge on any atom is 0.146 e. The van der Waals surface area contributed by atoms with Crippen LogP contribution in [0, 0.1) is 11.8 Å². The van der Waals surface area contributed by atoms with Gasteiger partial charge in [-0.15, -0.1) is 5.10 Å². The van der Waals surface area contributed by atoms with E-state index in [9.17, 15) is 0 Å². The Morgan fingerprint density at radius 1 is 1.29 bits per heavy atom. The van der Waals surface area contributed by atoms with Crippen molar-refractivity contribution in [2.75, 3.05) is 5.73 Å². The van der Waals surface area contributed by atoms with Gasteiger partial charge < -0.3 is 5.73 Å². The molecule has 1 aliphatic carbocycles. The SMILES string of the molecule is CCC1CC(Cc2ccc(N)nn2)C1. The molecule has 0 amide bonds. The van der Waals surface area contributed by atoms with Crippen LogP contribution in [0.25, 0.3) is 0 Å². The highest BCUT2D eigenvalue weighted by Gasteiger charge is 2.27. The third-order valence-corrected chi connectivity index (χ3v) is 3.15. The van der Waals surface area contributed by atoms with Crippen LogP contribution < -0.4 is 5.73 Å². The molecule has 1 aromatic heterocycles. The molecule has 1 aromatic rings. The van der Waals surface area contributed by atoms with Gasteiger partial charge in [-0.3, -0.25) is 0 Å². The molecule has 76 valence electrons. The normalized spacial score (nSPS) is 25.8. The largest absolute Gasteiger partial charge is 0.382 e. The molecule has 0 aliphatic heterocycles. The first-order valence-electron chi connectivity index (χ1n) is 5.36. The van der Waals surface area contributed by atoms with E-state index in [0.29, 0.717) is 5.82 Å². The lowest BCUT2D eigenvalue weighted by Gasteiger charge is -2.34.